The summed E-state index contributed by atoms with van der Waals surface area (Å²) in [7, 11) is 0. The normalized spacial score (nSPS) is 11.7. The van der Waals surface area contributed by atoms with Gasteiger partial charge in [-0.15, -0.1) is 0 Å². The van der Waals surface area contributed by atoms with Crippen LogP contribution in [-0.2, 0) is 9.59 Å². The largest absolute Gasteiger partial charge is 0.494 e. The summed E-state index contributed by atoms with van der Waals surface area (Å²) in [5, 5.41) is 0. The predicted octanol–water partition coefficient (Wildman–Crippen LogP) is 2.85. The molecule has 0 unspecified atom stereocenters. The summed E-state index contributed by atoms with van der Waals surface area (Å²) in [5.74, 6) is -0.263. The summed E-state index contributed by atoms with van der Waals surface area (Å²) in [6.45, 7) is 4.01. The first-order chi connectivity index (χ1) is 13.0. The van der Waals surface area contributed by atoms with E-state index in [1.807, 2.05) is 6.92 Å². The molecular formula is C20H21FN2O4. The molecule has 142 valence electrons. The van der Waals surface area contributed by atoms with E-state index in [0.717, 1.165) is 0 Å². The molecule has 2 N–H and O–H groups in total. The highest BCUT2D eigenvalue weighted by Gasteiger charge is 2.15. The van der Waals surface area contributed by atoms with Crippen LogP contribution in [0.4, 0.5) is 4.39 Å². The summed E-state index contributed by atoms with van der Waals surface area (Å²) in [5.41, 5.74) is 5.04. The van der Waals surface area contributed by atoms with Gasteiger partial charge in [0.1, 0.15) is 17.3 Å². The van der Waals surface area contributed by atoms with Crippen molar-refractivity contribution >= 4 is 17.9 Å². The molecule has 0 aliphatic rings. The molecule has 0 aliphatic heterocycles. The lowest BCUT2D eigenvalue weighted by molar-refractivity contribution is -0.131. The Balaban J connectivity index is 1.79. The van der Waals surface area contributed by atoms with Crippen LogP contribution < -0.4 is 20.3 Å². The number of nitrogens with one attached hydrogen (secondary N) is 2. The quantitative estimate of drug-likeness (QED) is 0.579. The molecular weight excluding hydrogens is 351 g/mol. The molecule has 0 spiro atoms. The number of amides is 2. The van der Waals surface area contributed by atoms with Crippen LogP contribution in [0.5, 0.6) is 11.5 Å². The minimum absolute atomic E-state index is 0.397. The van der Waals surface area contributed by atoms with Gasteiger partial charge >= 0.3 is 0 Å². The maximum Gasteiger partial charge on any atom is 0.279 e. The first kappa shape index (κ1) is 20.0. The Kier molecular flexibility index (Phi) is 7.37. The zero-order valence-corrected chi connectivity index (χ0v) is 15.1. The highest BCUT2D eigenvalue weighted by atomic mass is 19.1. The number of carbonyl (C=O) groups is 2. The van der Waals surface area contributed by atoms with E-state index in [4.69, 9.17) is 9.47 Å². The van der Waals surface area contributed by atoms with Crippen LogP contribution >= 0.6 is 0 Å². The summed E-state index contributed by atoms with van der Waals surface area (Å²) in [4.78, 5) is 23.7. The van der Waals surface area contributed by atoms with Crippen molar-refractivity contribution in [3.63, 3.8) is 0 Å². The maximum atomic E-state index is 13.1. The molecule has 2 rings (SSSR count). The fraction of sp³-hybridized carbons (Fsp3) is 0.200. The fourth-order valence-corrected chi connectivity index (χ4v) is 2.09. The van der Waals surface area contributed by atoms with Gasteiger partial charge in [-0.3, -0.25) is 20.4 Å². The molecule has 27 heavy (non-hydrogen) atoms. The minimum atomic E-state index is -0.824. The van der Waals surface area contributed by atoms with Crippen LogP contribution in [0.15, 0.2) is 54.6 Å². The SMILES string of the molecule is CCOc1ccc(O[C@H](C)C(=O)NNC(=O)/C=C/c2cccc(F)c2)cc1. The number of hydrazine groups is 1. The van der Waals surface area contributed by atoms with E-state index in [1.165, 1.54) is 30.4 Å². The van der Waals surface area contributed by atoms with Crippen molar-refractivity contribution in [2.24, 2.45) is 0 Å². The Morgan fingerprint density at radius 2 is 1.81 bits per heavy atom. The highest BCUT2D eigenvalue weighted by molar-refractivity contribution is 5.93. The molecule has 2 amide bonds. The van der Waals surface area contributed by atoms with Crippen molar-refractivity contribution in [3.8, 4) is 11.5 Å². The number of ether oxygens (including phenoxy) is 2. The number of benzene rings is 2. The zero-order chi connectivity index (χ0) is 19.6. The zero-order valence-electron chi connectivity index (χ0n) is 15.1. The Bertz CT molecular complexity index is 806. The molecule has 0 heterocycles. The molecule has 0 fully saturated rings. The average Bonchev–Trinajstić information content (AvgIpc) is 2.66. The third-order valence-corrected chi connectivity index (χ3v) is 3.40. The summed E-state index contributed by atoms with van der Waals surface area (Å²) in [6, 6.07) is 12.6. The van der Waals surface area contributed by atoms with Crippen LogP contribution in [0.2, 0.25) is 0 Å². The molecule has 0 aromatic heterocycles. The predicted molar refractivity (Wildman–Crippen MR) is 99.4 cm³/mol. The molecule has 2 aromatic rings. The summed E-state index contributed by atoms with van der Waals surface area (Å²) in [6.07, 6.45) is 1.80. The number of rotatable bonds is 7. The van der Waals surface area contributed by atoms with Gasteiger partial charge in [0.2, 0.25) is 0 Å². The third kappa shape index (κ3) is 6.81. The van der Waals surface area contributed by atoms with E-state index in [-0.39, 0.29) is 0 Å². The highest BCUT2D eigenvalue weighted by Crippen LogP contribution is 2.18. The van der Waals surface area contributed by atoms with Crippen LogP contribution in [0.25, 0.3) is 6.08 Å². The van der Waals surface area contributed by atoms with Gasteiger partial charge in [-0.25, -0.2) is 4.39 Å². The molecule has 2 aromatic carbocycles. The van der Waals surface area contributed by atoms with Gasteiger partial charge in [-0.2, -0.15) is 0 Å². The second kappa shape index (κ2) is 9.96. The number of hydrogen-bond acceptors (Lipinski definition) is 4. The van der Waals surface area contributed by atoms with E-state index in [2.05, 4.69) is 10.9 Å². The lowest BCUT2D eigenvalue weighted by Crippen LogP contribution is -2.46. The lowest BCUT2D eigenvalue weighted by atomic mass is 10.2. The molecule has 0 saturated heterocycles. The van der Waals surface area contributed by atoms with Gasteiger partial charge in [0.15, 0.2) is 6.10 Å². The third-order valence-electron chi connectivity index (χ3n) is 3.40. The van der Waals surface area contributed by atoms with E-state index in [9.17, 15) is 14.0 Å². The van der Waals surface area contributed by atoms with Crippen LogP contribution in [-0.4, -0.2) is 24.5 Å². The smallest absolute Gasteiger partial charge is 0.279 e. The maximum absolute atomic E-state index is 13.1. The second-order valence-corrected chi connectivity index (χ2v) is 5.53. The average molecular weight is 372 g/mol. The monoisotopic (exact) mass is 372 g/mol. The summed E-state index contributed by atoms with van der Waals surface area (Å²) < 4.78 is 23.9. The molecule has 0 saturated carbocycles. The van der Waals surface area contributed by atoms with E-state index < -0.39 is 23.7 Å². The van der Waals surface area contributed by atoms with Gasteiger partial charge in [-0.1, -0.05) is 12.1 Å². The van der Waals surface area contributed by atoms with Gasteiger partial charge in [-0.05, 0) is 61.9 Å². The van der Waals surface area contributed by atoms with Crippen molar-refractivity contribution in [2.75, 3.05) is 6.61 Å². The molecule has 6 nitrogen and oxygen atoms in total. The molecule has 0 bridgehead atoms. The standard InChI is InChI=1S/C20H21FN2O4/c1-3-26-17-8-10-18(11-9-17)27-14(2)20(25)23-22-19(24)12-7-15-5-4-6-16(21)13-15/h4-14H,3H2,1-2H3,(H,22,24)(H,23,25)/b12-7+/t14-/m1/s1. The van der Waals surface area contributed by atoms with Crippen molar-refractivity contribution < 1.29 is 23.5 Å². The molecule has 0 aliphatic carbocycles. The Morgan fingerprint density at radius 3 is 2.48 bits per heavy atom. The number of halogens is 1. The lowest BCUT2D eigenvalue weighted by Gasteiger charge is -2.15. The van der Waals surface area contributed by atoms with Crippen molar-refractivity contribution in [1.29, 1.82) is 0 Å². The first-order valence-corrected chi connectivity index (χ1v) is 8.41. The van der Waals surface area contributed by atoms with Gasteiger partial charge in [0, 0.05) is 6.08 Å². The minimum Gasteiger partial charge on any atom is -0.494 e. The first-order valence-electron chi connectivity index (χ1n) is 8.41. The van der Waals surface area contributed by atoms with E-state index in [1.54, 1.807) is 37.3 Å². The molecule has 0 radical (unpaired) electrons. The van der Waals surface area contributed by atoms with Crippen LogP contribution in [0.3, 0.4) is 0 Å². The van der Waals surface area contributed by atoms with Gasteiger partial charge in [0.05, 0.1) is 6.61 Å². The van der Waals surface area contributed by atoms with Crippen molar-refractivity contribution in [2.45, 2.75) is 20.0 Å². The topological polar surface area (TPSA) is 76.7 Å². The van der Waals surface area contributed by atoms with E-state index in [0.29, 0.717) is 23.7 Å². The van der Waals surface area contributed by atoms with Crippen molar-refractivity contribution in [1.82, 2.24) is 10.9 Å². The van der Waals surface area contributed by atoms with E-state index >= 15 is 0 Å². The van der Waals surface area contributed by atoms with Gasteiger partial charge < -0.3 is 9.47 Å². The Morgan fingerprint density at radius 1 is 1.11 bits per heavy atom. The van der Waals surface area contributed by atoms with Crippen LogP contribution in [0.1, 0.15) is 19.4 Å². The van der Waals surface area contributed by atoms with Crippen LogP contribution in [0, 0.1) is 5.82 Å². The number of hydrogen-bond donors (Lipinski definition) is 2. The Labute approximate surface area is 157 Å². The molecule has 7 heteroatoms. The van der Waals surface area contributed by atoms with Crippen molar-refractivity contribution in [3.05, 3.63) is 66.0 Å². The fourth-order valence-electron chi connectivity index (χ4n) is 2.09. The summed E-state index contributed by atoms with van der Waals surface area (Å²) >= 11 is 0. The second-order valence-electron chi connectivity index (χ2n) is 5.53. The number of carbonyl (C=O) groups excluding carboxylic acids is 2. The van der Waals surface area contributed by atoms with Gasteiger partial charge in [0.25, 0.3) is 11.8 Å². The Hall–Kier alpha value is -3.35. The molecule has 1 atom stereocenters.